The summed E-state index contributed by atoms with van der Waals surface area (Å²) in [6.45, 7) is 6.95. The van der Waals surface area contributed by atoms with E-state index in [2.05, 4.69) is 6.92 Å². The molecule has 0 spiro atoms. The van der Waals surface area contributed by atoms with Crippen LogP contribution in [0.15, 0.2) is 24.3 Å². The number of hydrogen-bond acceptors (Lipinski definition) is 3. The maximum atomic E-state index is 11.8. The molecule has 1 aromatic rings. The molecule has 0 saturated carbocycles. The highest BCUT2D eigenvalue weighted by molar-refractivity contribution is 5.69. The van der Waals surface area contributed by atoms with E-state index in [1.165, 1.54) is 38.5 Å². The number of aliphatic hydroxyl groups is 1. The number of aliphatic hydroxyl groups excluding tert-OH is 1. The van der Waals surface area contributed by atoms with Gasteiger partial charge in [-0.3, -0.25) is 4.79 Å². The molecule has 1 rings (SSSR count). The molecule has 0 fully saturated rings. The van der Waals surface area contributed by atoms with Crippen molar-refractivity contribution in [1.29, 1.82) is 0 Å². The maximum absolute atomic E-state index is 11.8. The first-order valence-corrected chi connectivity index (χ1v) is 10.4. The van der Waals surface area contributed by atoms with E-state index in [0.717, 1.165) is 24.0 Å². The minimum absolute atomic E-state index is 0.104. The van der Waals surface area contributed by atoms with Crippen LogP contribution in [-0.2, 0) is 21.4 Å². The number of benzene rings is 1. The average molecular weight is 363 g/mol. The Labute approximate surface area is 160 Å². The van der Waals surface area contributed by atoms with E-state index in [1.54, 1.807) is 0 Å². The standard InChI is InChI=1S/C23H38O3/c1-4-5-6-7-8-9-10-11-18-26-22(25)17-14-20-12-15-21(16-13-20)23(2,3)19-24/h12-13,15-16,24H,4-11,14,17-19H2,1-3H3. The molecule has 26 heavy (non-hydrogen) atoms. The lowest BCUT2D eigenvalue weighted by Gasteiger charge is -2.22. The number of unbranched alkanes of at least 4 members (excludes halogenated alkanes) is 7. The van der Waals surface area contributed by atoms with Crippen LogP contribution in [0.25, 0.3) is 0 Å². The van der Waals surface area contributed by atoms with Crippen LogP contribution in [0.5, 0.6) is 0 Å². The number of ether oxygens (including phenoxy) is 1. The Kier molecular flexibility index (Phi) is 11.3. The summed E-state index contributed by atoms with van der Waals surface area (Å²) in [5.41, 5.74) is 2.01. The van der Waals surface area contributed by atoms with Gasteiger partial charge < -0.3 is 9.84 Å². The van der Waals surface area contributed by atoms with Gasteiger partial charge in [0, 0.05) is 11.8 Å². The summed E-state index contributed by atoms with van der Waals surface area (Å²) >= 11 is 0. The zero-order valence-corrected chi connectivity index (χ0v) is 17.1. The Bertz CT molecular complexity index is 491. The summed E-state index contributed by atoms with van der Waals surface area (Å²) in [6.07, 6.45) is 11.1. The molecule has 148 valence electrons. The van der Waals surface area contributed by atoms with Gasteiger partial charge in [-0.1, -0.05) is 90.0 Å². The molecule has 0 heterocycles. The summed E-state index contributed by atoms with van der Waals surface area (Å²) in [6, 6.07) is 8.16. The van der Waals surface area contributed by atoms with E-state index in [9.17, 15) is 9.90 Å². The summed E-state index contributed by atoms with van der Waals surface area (Å²) in [4.78, 5) is 11.8. The minimum atomic E-state index is -0.229. The number of esters is 1. The molecule has 0 aliphatic heterocycles. The highest BCUT2D eigenvalue weighted by Crippen LogP contribution is 2.22. The van der Waals surface area contributed by atoms with Gasteiger partial charge in [0.2, 0.25) is 0 Å². The highest BCUT2D eigenvalue weighted by Gasteiger charge is 2.18. The van der Waals surface area contributed by atoms with Gasteiger partial charge in [0.05, 0.1) is 13.2 Å². The first-order valence-electron chi connectivity index (χ1n) is 10.4. The Morgan fingerprint density at radius 1 is 0.962 bits per heavy atom. The molecule has 0 atom stereocenters. The summed E-state index contributed by atoms with van der Waals surface area (Å²) in [5, 5.41) is 9.42. The summed E-state index contributed by atoms with van der Waals surface area (Å²) < 4.78 is 5.33. The van der Waals surface area contributed by atoms with Crippen molar-refractivity contribution in [2.75, 3.05) is 13.2 Å². The number of hydrogen-bond donors (Lipinski definition) is 1. The normalized spacial score (nSPS) is 11.5. The molecule has 1 N–H and O–H groups in total. The number of carbonyl (C=O) groups excluding carboxylic acids is 1. The van der Waals surface area contributed by atoms with E-state index in [4.69, 9.17) is 4.74 Å². The van der Waals surface area contributed by atoms with Crippen LogP contribution < -0.4 is 0 Å². The molecule has 0 aliphatic carbocycles. The Hall–Kier alpha value is -1.35. The molecular formula is C23H38O3. The van der Waals surface area contributed by atoms with Crippen molar-refractivity contribution in [2.24, 2.45) is 0 Å². The first-order chi connectivity index (χ1) is 12.5. The molecule has 0 aliphatic rings. The summed E-state index contributed by atoms with van der Waals surface area (Å²) in [7, 11) is 0. The molecule has 0 bridgehead atoms. The van der Waals surface area contributed by atoms with Gasteiger partial charge in [0.25, 0.3) is 0 Å². The Balaban J connectivity index is 2.11. The fourth-order valence-corrected chi connectivity index (χ4v) is 2.95. The molecule has 0 saturated heterocycles. The second-order valence-corrected chi connectivity index (χ2v) is 7.93. The maximum Gasteiger partial charge on any atom is 0.306 e. The highest BCUT2D eigenvalue weighted by atomic mass is 16.5. The third kappa shape index (κ3) is 9.38. The molecule has 0 amide bonds. The number of carbonyl (C=O) groups is 1. The van der Waals surface area contributed by atoms with E-state index in [0.29, 0.717) is 19.4 Å². The van der Waals surface area contributed by atoms with E-state index in [-0.39, 0.29) is 18.0 Å². The quantitative estimate of drug-likeness (QED) is 0.347. The van der Waals surface area contributed by atoms with Crippen LogP contribution in [-0.4, -0.2) is 24.3 Å². The largest absolute Gasteiger partial charge is 0.466 e. The van der Waals surface area contributed by atoms with Gasteiger partial charge in [-0.25, -0.2) is 0 Å². The molecule has 1 aromatic carbocycles. The van der Waals surface area contributed by atoms with Crippen LogP contribution in [0, 0.1) is 0 Å². The smallest absolute Gasteiger partial charge is 0.306 e. The van der Waals surface area contributed by atoms with E-state index < -0.39 is 0 Å². The average Bonchev–Trinajstić information content (AvgIpc) is 2.65. The second-order valence-electron chi connectivity index (χ2n) is 7.93. The van der Waals surface area contributed by atoms with E-state index in [1.807, 2.05) is 38.1 Å². The van der Waals surface area contributed by atoms with Crippen molar-refractivity contribution in [3.8, 4) is 0 Å². The van der Waals surface area contributed by atoms with Crippen molar-refractivity contribution in [2.45, 2.75) is 90.4 Å². The molecule has 0 aromatic heterocycles. The van der Waals surface area contributed by atoms with Crippen LogP contribution in [0.1, 0.15) is 89.7 Å². The van der Waals surface area contributed by atoms with Gasteiger partial charge in [0.1, 0.15) is 0 Å². The SMILES string of the molecule is CCCCCCCCCCOC(=O)CCc1ccc(C(C)(C)CO)cc1. The predicted octanol–water partition coefficient (Wildman–Crippen LogP) is 5.57. The molecule has 0 radical (unpaired) electrons. The van der Waals surface area contributed by atoms with Gasteiger partial charge >= 0.3 is 5.97 Å². The lowest BCUT2D eigenvalue weighted by molar-refractivity contribution is -0.143. The lowest BCUT2D eigenvalue weighted by atomic mass is 9.85. The molecule has 3 nitrogen and oxygen atoms in total. The van der Waals surface area contributed by atoms with Crippen molar-refractivity contribution in [3.63, 3.8) is 0 Å². The van der Waals surface area contributed by atoms with Gasteiger partial charge in [-0.15, -0.1) is 0 Å². The van der Waals surface area contributed by atoms with Gasteiger partial charge in [0.15, 0.2) is 0 Å². The van der Waals surface area contributed by atoms with Gasteiger partial charge in [-0.05, 0) is 24.0 Å². The van der Waals surface area contributed by atoms with Crippen molar-refractivity contribution in [3.05, 3.63) is 35.4 Å². The fourth-order valence-electron chi connectivity index (χ4n) is 2.95. The topological polar surface area (TPSA) is 46.5 Å². The second kappa shape index (κ2) is 12.9. The fraction of sp³-hybridized carbons (Fsp3) is 0.696. The monoisotopic (exact) mass is 362 g/mol. The molecule has 3 heteroatoms. The predicted molar refractivity (Wildman–Crippen MR) is 108 cm³/mol. The van der Waals surface area contributed by atoms with Crippen LogP contribution in [0.4, 0.5) is 0 Å². The van der Waals surface area contributed by atoms with Crippen LogP contribution in [0.2, 0.25) is 0 Å². The number of aryl methyl sites for hydroxylation is 1. The van der Waals surface area contributed by atoms with Crippen molar-refractivity contribution in [1.82, 2.24) is 0 Å². The first kappa shape index (κ1) is 22.7. The van der Waals surface area contributed by atoms with E-state index >= 15 is 0 Å². The lowest BCUT2D eigenvalue weighted by Crippen LogP contribution is -2.21. The third-order valence-electron chi connectivity index (χ3n) is 5.01. The Morgan fingerprint density at radius 3 is 2.12 bits per heavy atom. The minimum Gasteiger partial charge on any atom is -0.466 e. The molecule has 0 unspecified atom stereocenters. The Morgan fingerprint density at radius 2 is 1.54 bits per heavy atom. The zero-order chi connectivity index (χ0) is 19.3. The third-order valence-corrected chi connectivity index (χ3v) is 5.01. The zero-order valence-electron chi connectivity index (χ0n) is 17.1. The van der Waals surface area contributed by atoms with Crippen molar-refractivity contribution >= 4 is 5.97 Å². The number of rotatable bonds is 14. The summed E-state index contributed by atoms with van der Waals surface area (Å²) in [5.74, 6) is -0.104. The van der Waals surface area contributed by atoms with Gasteiger partial charge in [-0.2, -0.15) is 0 Å². The van der Waals surface area contributed by atoms with Crippen molar-refractivity contribution < 1.29 is 14.6 Å². The molecular weight excluding hydrogens is 324 g/mol. The van der Waals surface area contributed by atoms with Crippen LogP contribution in [0.3, 0.4) is 0 Å². The van der Waals surface area contributed by atoms with Crippen LogP contribution >= 0.6 is 0 Å².